The first kappa shape index (κ1) is 11.9. The van der Waals surface area contributed by atoms with E-state index in [1.54, 1.807) is 13.8 Å². The van der Waals surface area contributed by atoms with Gasteiger partial charge in [-0.05, 0) is 20.8 Å². The van der Waals surface area contributed by atoms with Crippen LogP contribution in [0.3, 0.4) is 0 Å². The molecule has 0 heterocycles. The van der Waals surface area contributed by atoms with E-state index < -0.39 is 11.5 Å². The van der Waals surface area contributed by atoms with Gasteiger partial charge in [0.15, 0.2) is 0 Å². The molecule has 0 aromatic rings. The third-order valence-corrected chi connectivity index (χ3v) is 2.12. The van der Waals surface area contributed by atoms with Crippen molar-refractivity contribution < 1.29 is 14.7 Å². The summed E-state index contributed by atoms with van der Waals surface area (Å²) in [5.41, 5.74) is -1.11. The van der Waals surface area contributed by atoms with E-state index in [1.165, 1.54) is 18.7 Å². The van der Waals surface area contributed by atoms with E-state index in [0.29, 0.717) is 13.0 Å². The largest absolute Gasteiger partial charge is 0.480 e. The zero-order valence-corrected chi connectivity index (χ0v) is 8.63. The van der Waals surface area contributed by atoms with E-state index in [2.05, 4.69) is 0 Å². The van der Waals surface area contributed by atoms with E-state index >= 15 is 0 Å². The van der Waals surface area contributed by atoms with E-state index in [1.807, 2.05) is 0 Å². The monoisotopic (exact) mass is 187 g/mol. The number of carbonyl (C=O) groups excluding carboxylic acids is 1. The molecule has 13 heavy (non-hydrogen) atoms. The van der Waals surface area contributed by atoms with Crippen LogP contribution in [0.5, 0.6) is 0 Å². The predicted octanol–water partition coefficient (Wildman–Crippen LogP) is 1.11. The number of hydrogen-bond donors (Lipinski definition) is 1. The normalized spacial score (nSPS) is 11.1. The van der Waals surface area contributed by atoms with Crippen LogP contribution in [0.1, 0.15) is 34.1 Å². The van der Waals surface area contributed by atoms with Crippen LogP contribution in [-0.4, -0.2) is 34.0 Å². The number of aliphatic carboxylic acids is 1. The lowest BCUT2D eigenvalue weighted by atomic mass is 10.0. The number of carbonyl (C=O) groups is 2. The summed E-state index contributed by atoms with van der Waals surface area (Å²) in [7, 11) is 0. The molecule has 0 radical (unpaired) electrons. The Hall–Kier alpha value is -1.06. The van der Waals surface area contributed by atoms with Gasteiger partial charge in [-0.15, -0.1) is 0 Å². The van der Waals surface area contributed by atoms with Crippen LogP contribution in [0, 0.1) is 0 Å². The van der Waals surface area contributed by atoms with Gasteiger partial charge in [0.2, 0.25) is 5.91 Å². The zero-order chi connectivity index (χ0) is 10.6. The minimum Gasteiger partial charge on any atom is -0.480 e. The van der Waals surface area contributed by atoms with E-state index in [-0.39, 0.29) is 5.91 Å². The summed E-state index contributed by atoms with van der Waals surface area (Å²) in [6, 6.07) is 0. The number of rotatable bonds is 4. The average Bonchev–Trinajstić information content (AvgIpc) is 2.04. The Kier molecular flexibility index (Phi) is 3.91. The fourth-order valence-corrected chi connectivity index (χ4v) is 1.19. The number of carboxylic acids is 1. The molecule has 0 bridgehead atoms. The molecule has 0 aromatic heterocycles. The Morgan fingerprint density at radius 1 is 1.31 bits per heavy atom. The highest BCUT2D eigenvalue weighted by Crippen LogP contribution is 2.15. The average molecular weight is 187 g/mol. The number of hydrogen-bond acceptors (Lipinski definition) is 2. The fourth-order valence-electron chi connectivity index (χ4n) is 1.19. The molecule has 0 aromatic carbocycles. The summed E-state index contributed by atoms with van der Waals surface area (Å²) in [5, 5.41) is 8.89. The molecule has 0 aliphatic rings. The topological polar surface area (TPSA) is 57.6 Å². The lowest BCUT2D eigenvalue weighted by molar-refractivity contribution is -0.156. The lowest BCUT2D eigenvalue weighted by Gasteiger charge is -2.34. The minimum atomic E-state index is -1.11. The van der Waals surface area contributed by atoms with Crippen LogP contribution < -0.4 is 0 Å². The van der Waals surface area contributed by atoms with Crippen LogP contribution in [0.25, 0.3) is 0 Å². The van der Waals surface area contributed by atoms with Crippen LogP contribution >= 0.6 is 0 Å². The van der Waals surface area contributed by atoms with Gasteiger partial charge in [-0.25, -0.2) is 4.79 Å². The summed E-state index contributed by atoms with van der Waals surface area (Å²) in [6.45, 7) is 6.99. The Bertz CT molecular complexity index is 211. The Morgan fingerprint density at radius 2 is 1.77 bits per heavy atom. The van der Waals surface area contributed by atoms with Gasteiger partial charge >= 0.3 is 5.97 Å². The van der Waals surface area contributed by atoms with Crippen molar-refractivity contribution in [2.45, 2.75) is 39.7 Å². The maximum absolute atomic E-state index is 11.4. The quantitative estimate of drug-likeness (QED) is 0.717. The molecule has 4 nitrogen and oxygen atoms in total. The van der Waals surface area contributed by atoms with Crippen molar-refractivity contribution in [3.63, 3.8) is 0 Å². The van der Waals surface area contributed by atoms with E-state index in [9.17, 15) is 9.59 Å². The summed E-state index contributed by atoms with van der Waals surface area (Å²) in [4.78, 5) is 23.6. The van der Waals surface area contributed by atoms with Crippen molar-refractivity contribution in [1.82, 2.24) is 4.90 Å². The maximum atomic E-state index is 11.4. The Morgan fingerprint density at radius 3 is 2.00 bits per heavy atom. The molecule has 0 saturated heterocycles. The molecule has 0 aliphatic heterocycles. The summed E-state index contributed by atoms with van der Waals surface area (Å²) < 4.78 is 0. The third-order valence-electron chi connectivity index (χ3n) is 2.12. The zero-order valence-electron chi connectivity index (χ0n) is 8.63. The molecule has 0 saturated carbocycles. The molecule has 0 unspecified atom stereocenters. The van der Waals surface area contributed by atoms with E-state index in [0.717, 1.165) is 0 Å². The number of amides is 1. The van der Waals surface area contributed by atoms with Crippen LogP contribution in [-0.2, 0) is 9.59 Å². The summed E-state index contributed by atoms with van der Waals surface area (Å²) in [5.74, 6) is -1.11. The second-order valence-corrected chi connectivity index (χ2v) is 3.36. The summed E-state index contributed by atoms with van der Waals surface area (Å²) in [6.07, 6.45) is 0.338. The van der Waals surface area contributed by atoms with Crippen LogP contribution in [0.4, 0.5) is 0 Å². The van der Waals surface area contributed by atoms with Gasteiger partial charge < -0.3 is 10.0 Å². The van der Waals surface area contributed by atoms with Gasteiger partial charge in [-0.3, -0.25) is 4.79 Å². The second-order valence-electron chi connectivity index (χ2n) is 3.36. The van der Waals surface area contributed by atoms with Crippen molar-refractivity contribution in [3.05, 3.63) is 0 Å². The molecular formula is C9H17NO3. The molecule has 0 rings (SSSR count). The second kappa shape index (κ2) is 4.25. The number of carboxylic acid groups (broad SMARTS) is 1. The number of nitrogens with zero attached hydrogens (tertiary/aromatic N) is 1. The molecule has 0 aliphatic carbocycles. The van der Waals surface area contributed by atoms with Crippen molar-refractivity contribution in [2.75, 3.05) is 6.54 Å². The minimum absolute atomic E-state index is 0.130. The molecule has 0 atom stereocenters. The van der Waals surface area contributed by atoms with E-state index in [4.69, 9.17) is 5.11 Å². The van der Waals surface area contributed by atoms with Crippen molar-refractivity contribution >= 4 is 11.9 Å². The Labute approximate surface area is 78.5 Å². The first-order valence-electron chi connectivity index (χ1n) is 4.41. The highest BCUT2D eigenvalue weighted by atomic mass is 16.4. The first-order chi connectivity index (χ1) is 5.87. The van der Waals surface area contributed by atoms with Gasteiger partial charge in [0.05, 0.1) is 0 Å². The standard InChI is InChI=1S/C9H17NO3/c1-5-7(11)10(6-2)9(3,4)8(12)13/h5-6H2,1-4H3,(H,12,13). The molecule has 1 N–H and O–H groups in total. The van der Waals surface area contributed by atoms with Crippen molar-refractivity contribution in [3.8, 4) is 0 Å². The van der Waals surface area contributed by atoms with Gasteiger partial charge in [0.1, 0.15) is 5.54 Å². The van der Waals surface area contributed by atoms with Crippen LogP contribution in [0.15, 0.2) is 0 Å². The van der Waals surface area contributed by atoms with Gasteiger partial charge in [-0.2, -0.15) is 0 Å². The van der Waals surface area contributed by atoms with Crippen LogP contribution in [0.2, 0.25) is 0 Å². The predicted molar refractivity (Wildman–Crippen MR) is 49.4 cm³/mol. The molecule has 0 spiro atoms. The molecule has 76 valence electrons. The molecular weight excluding hydrogens is 170 g/mol. The number of likely N-dealkylation sites (N-methyl/N-ethyl adjacent to an activating group) is 1. The molecule has 4 heteroatoms. The van der Waals surface area contributed by atoms with Gasteiger partial charge in [0.25, 0.3) is 0 Å². The van der Waals surface area contributed by atoms with Gasteiger partial charge in [0, 0.05) is 13.0 Å². The van der Waals surface area contributed by atoms with Crippen molar-refractivity contribution in [1.29, 1.82) is 0 Å². The summed E-state index contributed by atoms with van der Waals surface area (Å²) >= 11 is 0. The highest BCUT2D eigenvalue weighted by molar-refractivity contribution is 5.86. The smallest absolute Gasteiger partial charge is 0.329 e. The lowest BCUT2D eigenvalue weighted by Crippen LogP contribution is -2.52. The fraction of sp³-hybridized carbons (Fsp3) is 0.778. The molecule has 1 amide bonds. The highest BCUT2D eigenvalue weighted by Gasteiger charge is 2.35. The molecule has 0 fully saturated rings. The SMILES string of the molecule is CCC(=O)N(CC)C(C)(C)C(=O)O. The van der Waals surface area contributed by atoms with Crippen molar-refractivity contribution in [2.24, 2.45) is 0 Å². The maximum Gasteiger partial charge on any atom is 0.329 e. The van der Waals surface area contributed by atoms with Gasteiger partial charge in [-0.1, -0.05) is 6.92 Å². The first-order valence-corrected chi connectivity index (χ1v) is 4.41. The third kappa shape index (κ3) is 2.44. The Balaban J connectivity index is 4.76.